The van der Waals surface area contributed by atoms with Crippen LogP contribution in [0.1, 0.15) is 37.2 Å². The van der Waals surface area contributed by atoms with E-state index in [9.17, 15) is 0 Å². The first kappa shape index (κ1) is 12.9. The third-order valence-corrected chi connectivity index (χ3v) is 4.33. The van der Waals surface area contributed by atoms with Crippen LogP contribution in [0.3, 0.4) is 0 Å². The molecule has 19 heavy (non-hydrogen) atoms. The van der Waals surface area contributed by atoms with Gasteiger partial charge in [-0.3, -0.25) is 0 Å². The smallest absolute Gasteiger partial charge is 0.119 e. The molecule has 1 aromatic carbocycles. The Hall–Kier alpha value is -1.06. The molecule has 1 saturated carbocycles. The maximum atomic E-state index is 5.51. The predicted molar refractivity (Wildman–Crippen MR) is 75.7 cm³/mol. The minimum Gasteiger partial charge on any atom is -0.497 e. The first-order chi connectivity index (χ1) is 9.35. The van der Waals surface area contributed by atoms with Crippen molar-refractivity contribution in [2.75, 3.05) is 20.3 Å². The van der Waals surface area contributed by atoms with E-state index in [4.69, 9.17) is 9.47 Å². The molecule has 3 rings (SSSR count). The van der Waals surface area contributed by atoms with Gasteiger partial charge in [-0.25, -0.2) is 0 Å². The van der Waals surface area contributed by atoms with E-state index in [1.807, 2.05) is 6.07 Å². The van der Waals surface area contributed by atoms with Gasteiger partial charge in [0.05, 0.1) is 13.7 Å². The van der Waals surface area contributed by atoms with Gasteiger partial charge in [0.2, 0.25) is 0 Å². The van der Waals surface area contributed by atoms with Crippen molar-refractivity contribution in [3.8, 4) is 5.75 Å². The Morgan fingerprint density at radius 1 is 1.26 bits per heavy atom. The van der Waals surface area contributed by atoms with E-state index in [2.05, 4.69) is 23.5 Å². The topological polar surface area (TPSA) is 30.5 Å². The molecule has 3 nitrogen and oxygen atoms in total. The quantitative estimate of drug-likeness (QED) is 0.904. The van der Waals surface area contributed by atoms with Crippen LogP contribution in [-0.4, -0.2) is 32.4 Å². The van der Waals surface area contributed by atoms with Gasteiger partial charge in [0.1, 0.15) is 5.75 Å². The van der Waals surface area contributed by atoms with Crippen LogP contribution in [0.5, 0.6) is 5.75 Å². The first-order valence-corrected chi connectivity index (χ1v) is 7.33. The Labute approximate surface area is 115 Å². The van der Waals surface area contributed by atoms with Crippen LogP contribution in [0.15, 0.2) is 24.3 Å². The van der Waals surface area contributed by atoms with Gasteiger partial charge in [0.15, 0.2) is 0 Å². The van der Waals surface area contributed by atoms with Gasteiger partial charge in [-0.05, 0) is 49.3 Å². The molecule has 1 N–H and O–H groups in total. The summed E-state index contributed by atoms with van der Waals surface area (Å²) in [6.07, 6.45) is 4.94. The molecule has 1 saturated heterocycles. The highest BCUT2D eigenvalue weighted by Crippen LogP contribution is 2.38. The molecule has 2 fully saturated rings. The van der Waals surface area contributed by atoms with E-state index in [0.717, 1.165) is 19.0 Å². The van der Waals surface area contributed by atoms with E-state index >= 15 is 0 Å². The number of nitrogens with one attached hydrogen (secondary N) is 1. The normalized spacial score (nSPS) is 30.7. The van der Waals surface area contributed by atoms with Gasteiger partial charge >= 0.3 is 0 Å². The molecule has 1 atom stereocenters. The monoisotopic (exact) mass is 261 g/mol. The minimum atomic E-state index is 0.574. The summed E-state index contributed by atoms with van der Waals surface area (Å²) in [6.45, 7) is 1.83. The summed E-state index contributed by atoms with van der Waals surface area (Å²) < 4.78 is 10.8. The second kappa shape index (κ2) is 5.93. The molecule has 1 aromatic rings. The van der Waals surface area contributed by atoms with Crippen molar-refractivity contribution in [1.82, 2.24) is 5.32 Å². The third kappa shape index (κ3) is 3.10. The second-order valence-electron chi connectivity index (χ2n) is 5.72. The molecule has 0 bridgehead atoms. The average molecular weight is 261 g/mol. The number of ether oxygens (including phenoxy) is 2. The van der Waals surface area contributed by atoms with Gasteiger partial charge in [-0.15, -0.1) is 0 Å². The number of hydrogen-bond donors (Lipinski definition) is 1. The van der Waals surface area contributed by atoms with Crippen molar-refractivity contribution in [3.05, 3.63) is 29.8 Å². The lowest BCUT2D eigenvalue weighted by Gasteiger charge is -2.39. The van der Waals surface area contributed by atoms with Gasteiger partial charge in [0, 0.05) is 18.7 Å². The van der Waals surface area contributed by atoms with E-state index in [-0.39, 0.29) is 0 Å². The fourth-order valence-corrected chi connectivity index (χ4v) is 3.13. The van der Waals surface area contributed by atoms with Gasteiger partial charge in [-0.2, -0.15) is 0 Å². The van der Waals surface area contributed by atoms with Crippen molar-refractivity contribution < 1.29 is 9.47 Å². The molecule has 0 amide bonds. The molecular weight excluding hydrogens is 238 g/mol. The van der Waals surface area contributed by atoms with E-state index < -0.39 is 0 Å². The molecule has 0 aromatic heterocycles. The fraction of sp³-hybridized carbons (Fsp3) is 0.625. The van der Waals surface area contributed by atoms with Crippen LogP contribution in [0.4, 0.5) is 0 Å². The van der Waals surface area contributed by atoms with Gasteiger partial charge < -0.3 is 14.8 Å². The Kier molecular flexibility index (Phi) is 4.04. The summed E-state index contributed by atoms with van der Waals surface area (Å²) in [5.41, 5.74) is 1.41. The zero-order valence-corrected chi connectivity index (χ0v) is 11.6. The first-order valence-electron chi connectivity index (χ1n) is 7.33. The average Bonchev–Trinajstić information content (AvgIpc) is 2.43. The van der Waals surface area contributed by atoms with Crippen molar-refractivity contribution in [2.24, 2.45) is 0 Å². The maximum absolute atomic E-state index is 5.51. The summed E-state index contributed by atoms with van der Waals surface area (Å²) in [5.74, 6) is 1.66. The lowest BCUT2D eigenvalue weighted by Crippen LogP contribution is -2.48. The van der Waals surface area contributed by atoms with Crippen molar-refractivity contribution in [1.29, 1.82) is 0 Å². The largest absolute Gasteiger partial charge is 0.497 e. The molecule has 1 unspecified atom stereocenters. The summed E-state index contributed by atoms with van der Waals surface area (Å²) >= 11 is 0. The number of hydrogen-bond acceptors (Lipinski definition) is 3. The van der Waals surface area contributed by atoms with Crippen LogP contribution in [-0.2, 0) is 4.74 Å². The number of benzene rings is 1. The molecule has 104 valence electrons. The molecule has 0 spiro atoms. The Morgan fingerprint density at radius 2 is 2.16 bits per heavy atom. The standard InChI is InChI=1S/C16H23NO2/c1-18-16-6-2-4-12(10-16)13-8-15(9-13)17-14-5-3-7-19-11-14/h2,4,6,10,13-15,17H,3,5,7-9,11H2,1H3. The zero-order valence-electron chi connectivity index (χ0n) is 11.6. The molecule has 1 aliphatic heterocycles. The summed E-state index contributed by atoms with van der Waals surface area (Å²) in [7, 11) is 1.73. The Balaban J connectivity index is 1.48. The molecule has 3 heteroatoms. The van der Waals surface area contributed by atoms with Crippen LogP contribution in [0.2, 0.25) is 0 Å². The molecule has 0 radical (unpaired) electrons. The number of rotatable bonds is 4. The van der Waals surface area contributed by atoms with Gasteiger partial charge in [-0.1, -0.05) is 12.1 Å². The van der Waals surface area contributed by atoms with Crippen LogP contribution in [0, 0.1) is 0 Å². The van der Waals surface area contributed by atoms with Crippen molar-refractivity contribution >= 4 is 0 Å². The van der Waals surface area contributed by atoms with E-state index in [1.165, 1.54) is 31.2 Å². The predicted octanol–water partition coefficient (Wildman–Crippen LogP) is 2.71. The van der Waals surface area contributed by atoms with Crippen molar-refractivity contribution in [2.45, 2.75) is 43.7 Å². The maximum Gasteiger partial charge on any atom is 0.119 e. The lowest BCUT2D eigenvalue weighted by molar-refractivity contribution is 0.0600. The van der Waals surface area contributed by atoms with Gasteiger partial charge in [0.25, 0.3) is 0 Å². The van der Waals surface area contributed by atoms with Crippen molar-refractivity contribution in [3.63, 3.8) is 0 Å². The molecular formula is C16H23NO2. The van der Waals surface area contributed by atoms with Crippen LogP contribution >= 0.6 is 0 Å². The van der Waals surface area contributed by atoms with E-state index in [0.29, 0.717) is 18.0 Å². The Bertz CT molecular complexity index is 409. The van der Waals surface area contributed by atoms with E-state index in [1.54, 1.807) is 7.11 Å². The molecule has 2 aliphatic rings. The second-order valence-corrected chi connectivity index (χ2v) is 5.72. The summed E-state index contributed by atoms with van der Waals surface area (Å²) in [5, 5.41) is 3.73. The Morgan fingerprint density at radius 3 is 2.89 bits per heavy atom. The molecule has 1 heterocycles. The van der Waals surface area contributed by atoms with Crippen LogP contribution in [0.25, 0.3) is 0 Å². The highest BCUT2D eigenvalue weighted by atomic mass is 16.5. The highest BCUT2D eigenvalue weighted by Gasteiger charge is 2.32. The highest BCUT2D eigenvalue weighted by molar-refractivity contribution is 5.32. The molecule has 1 aliphatic carbocycles. The lowest BCUT2D eigenvalue weighted by atomic mass is 9.75. The summed E-state index contributed by atoms with van der Waals surface area (Å²) in [4.78, 5) is 0. The number of methoxy groups -OCH3 is 1. The van der Waals surface area contributed by atoms with Crippen LogP contribution < -0.4 is 10.1 Å². The minimum absolute atomic E-state index is 0.574. The zero-order chi connectivity index (χ0) is 13.1. The summed E-state index contributed by atoms with van der Waals surface area (Å²) in [6, 6.07) is 9.73. The fourth-order valence-electron chi connectivity index (χ4n) is 3.13. The third-order valence-electron chi connectivity index (χ3n) is 4.33. The SMILES string of the molecule is COc1cccc(C2CC(NC3CCCOC3)C2)c1.